The summed E-state index contributed by atoms with van der Waals surface area (Å²) in [7, 11) is 0. The molecule has 0 amide bonds. The van der Waals surface area contributed by atoms with Crippen LogP contribution in [0.5, 0.6) is 11.5 Å². The second-order valence-corrected chi connectivity index (χ2v) is 7.72. The first-order valence-corrected chi connectivity index (χ1v) is 10.2. The number of hydrogen-bond donors (Lipinski definition) is 3. The van der Waals surface area contributed by atoms with Crippen LogP contribution in [0.1, 0.15) is 29.5 Å². The topological polar surface area (TPSA) is 115 Å². The van der Waals surface area contributed by atoms with Gasteiger partial charge in [-0.25, -0.2) is 0 Å². The van der Waals surface area contributed by atoms with Crippen molar-refractivity contribution in [3.05, 3.63) is 70.5 Å². The molecule has 31 heavy (non-hydrogen) atoms. The molecule has 7 nitrogen and oxygen atoms in total. The molecule has 2 aromatic rings. The number of ether oxygens (including phenoxy) is 1. The van der Waals surface area contributed by atoms with Gasteiger partial charge >= 0.3 is 0 Å². The Labute approximate surface area is 182 Å². The second kappa shape index (κ2) is 9.81. The summed E-state index contributed by atoms with van der Waals surface area (Å²) < 4.78 is 5.88. The Bertz CT molecular complexity index is 1040. The highest BCUT2D eigenvalue weighted by Gasteiger charge is 2.21. The van der Waals surface area contributed by atoms with E-state index in [0.717, 1.165) is 30.7 Å². The Balaban J connectivity index is 1.71. The largest absolute Gasteiger partial charge is 0.457 e. The zero-order valence-corrected chi connectivity index (χ0v) is 17.8. The molecule has 1 fully saturated rings. The minimum atomic E-state index is -0.0371. The summed E-state index contributed by atoms with van der Waals surface area (Å²) >= 11 is 0. The van der Waals surface area contributed by atoms with Crippen LogP contribution in [0.25, 0.3) is 0 Å². The Morgan fingerprint density at radius 1 is 1.23 bits per heavy atom. The molecule has 0 aliphatic carbocycles. The Kier molecular flexibility index (Phi) is 6.93. The summed E-state index contributed by atoms with van der Waals surface area (Å²) in [6, 6.07) is 12.8. The van der Waals surface area contributed by atoms with E-state index in [9.17, 15) is 4.79 Å². The lowest BCUT2D eigenvalue weighted by Crippen LogP contribution is -2.45. The van der Waals surface area contributed by atoms with Crippen LogP contribution in [0.15, 0.2) is 53.9 Å². The molecule has 1 saturated heterocycles. The first-order valence-electron chi connectivity index (χ1n) is 10.2. The van der Waals surface area contributed by atoms with E-state index in [1.165, 1.54) is 5.56 Å². The molecule has 0 unspecified atom stereocenters. The van der Waals surface area contributed by atoms with E-state index in [1.807, 2.05) is 32.0 Å². The van der Waals surface area contributed by atoms with Gasteiger partial charge in [-0.3, -0.25) is 10.2 Å². The van der Waals surface area contributed by atoms with E-state index in [-0.39, 0.29) is 23.1 Å². The second-order valence-electron chi connectivity index (χ2n) is 7.72. The van der Waals surface area contributed by atoms with Crippen LogP contribution in [-0.2, 0) is 4.79 Å². The number of hydrogen-bond acceptors (Lipinski definition) is 7. The van der Waals surface area contributed by atoms with Gasteiger partial charge in [0.1, 0.15) is 17.3 Å². The minimum absolute atomic E-state index is 0.0330. The molecule has 3 rings (SSSR count). The summed E-state index contributed by atoms with van der Waals surface area (Å²) in [5, 5.41) is 20.6. The summed E-state index contributed by atoms with van der Waals surface area (Å²) in [5.41, 5.74) is 9.14. The zero-order valence-electron chi connectivity index (χ0n) is 17.8. The number of carbonyl (C=O) groups excluding carboxylic acids is 1. The number of likely N-dealkylation sites (tertiary alicyclic amines) is 1. The van der Waals surface area contributed by atoms with Gasteiger partial charge in [-0.05, 0) is 74.2 Å². The van der Waals surface area contributed by atoms with Crippen molar-refractivity contribution in [2.24, 2.45) is 5.73 Å². The third kappa shape index (κ3) is 5.43. The summed E-state index contributed by atoms with van der Waals surface area (Å²) in [5.74, 6) is 1.54. The van der Waals surface area contributed by atoms with Gasteiger partial charge in [-0.2, -0.15) is 5.26 Å². The SMILES string of the molecule is Cc1ccc(Oc2ccc(C(=N)/C(C=O)=C(/N)N[C@@H]3CCCN(C#N)C3)cc2)cc1C. The molecule has 4 N–H and O–H groups in total. The van der Waals surface area contributed by atoms with E-state index in [1.54, 1.807) is 29.2 Å². The number of rotatable bonds is 7. The Morgan fingerprint density at radius 3 is 2.58 bits per heavy atom. The van der Waals surface area contributed by atoms with Crippen LogP contribution in [0.2, 0.25) is 0 Å². The average molecular weight is 418 g/mol. The summed E-state index contributed by atoms with van der Waals surface area (Å²) in [6.07, 6.45) is 4.45. The summed E-state index contributed by atoms with van der Waals surface area (Å²) in [6.45, 7) is 5.34. The first-order chi connectivity index (χ1) is 14.9. The fourth-order valence-electron chi connectivity index (χ4n) is 3.50. The highest BCUT2D eigenvalue weighted by atomic mass is 16.5. The van der Waals surface area contributed by atoms with Crippen LogP contribution in [0.4, 0.5) is 0 Å². The van der Waals surface area contributed by atoms with Crippen LogP contribution in [-0.4, -0.2) is 36.0 Å². The standard InChI is InChI=1S/C24H27N5O2/c1-16-5-8-21(12-17(16)2)31-20-9-6-18(7-10-20)23(26)22(14-30)24(27)28-19-4-3-11-29(13-19)15-25/h5-10,12,14,19,26,28H,3-4,11,13,27H2,1-2H3/b24-22-,26-23?/t19-/m1/s1. The molecular weight excluding hydrogens is 390 g/mol. The number of nitrogens with two attached hydrogens (primary N) is 1. The number of nitrogens with one attached hydrogen (secondary N) is 2. The average Bonchev–Trinajstić information content (AvgIpc) is 2.77. The van der Waals surface area contributed by atoms with Crippen LogP contribution in [0.3, 0.4) is 0 Å². The predicted octanol–water partition coefficient (Wildman–Crippen LogP) is 3.37. The summed E-state index contributed by atoms with van der Waals surface area (Å²) in [4.78, 5) is 13.3. The number of carbonyl (C=O) groups is 1. The van der Waals surface area contributed by atoms with E-state index in [4.69, 9.17) is 21.1 Å². The van der Waals surface area contributed by atoms with Gasteiger partial charge in [0, 0.05) is 24.7 Å². The third-order valence-electron chi connectivity index (χ3n) is 5.46. The smallest absolute Gasteiger partial charge is 0.179 e. The maximum Gasteiger partial charge on any atom is 0.179 e. The quantitative estimate of drug-likeness (QED) is 0.275. The number of nitrogens with zero attached hydrogens (tertiary/aromatic N) is 2. The van der Waals surface area contributed by atoms with Crippen molar-refractivity contribution >= 4 is 12.0 Å². The lowest BCUT2D eigenvalue weighted by atomic mass is 10.0. The molecule has 160 valence electrons. The molecule has 0 saturated carbocycles. The number of piperidine rings is 1. The van der Waals surface area contributed by atoms with Gasteiger partial charge < -0.3 is 20.7 Å². The number of allylic oxidation sites excluding steroid dienone is 1. The molecule has 1 atom stereocenters. The fraction of sp³-hybridized carbons (Fsp3) is 0.292. The third-order valence-corrected chi connectivity index (χ3v) is 5.46. The van der Waals surface area contributed by atoms with Gasteiger partial charge in [0.15, 0.2) is 12.5 Å². The minimum Gasteiger partial charge on any atom is -0.457 e. The van der Waals surface area contributed by atoms with Crippen molar-refractivity contribution in [2.75, 3.05) is 13.1 Å². The Morgan fingerprint density at radius 2 is 1.94 bits per heavy atom. The maximum atomic E-state index is 11.7. The molecule has 1 heterocycles. The van der Waals surface area contributed by atoms with Crippen molar-refractivity contribution in [1.82, 2.24) is 10.2 Å². The number of aryl methyl sites for hydroxylation is 2. The van der Waals surface area contributed by atoms with Gasteiger partial charge in [0.05, 0.1) is 11.3 Å². The Hall–Kier alpha value is -3.79. The molecule has 1 aliphatic rings. The van der Waals surface area contributed by atoms with Crippen molar-refractivity contribution in [1.29, 1.82) is 10.7 Å². The van der Waals surface area contributed by atoms with Crippen molar-refractivity contribution < 1.29 is 9.53 Å². The molecule has 7 heteroatoms. The normalized spacial score (nSPS) is 16.7. The maximum absolute atomic E-state index is 11.7. The van der Waals surface area contributed by atoms with Gasteiger partial charge in [0.25, 0.3) is 0 Å². The van der Waals surface area contributed by atoms with Crippen molar-refractivity contribution in [3.8, 4) is 17.7 Å². The van der Waals surface area contributed by atoms with Crippen LogP contribution >= 0.6 is 0 Å². The van der Waals surface area contributed by atoms with E-state index < -0.39 is 0 Å². The molecule has 0 bridgehead atoms. The van der Waals surface area contributed by atoms with E-state index in [0.29, 0.717) is 24.1 Å². The van der Waals surface area contributed by atoms with E-state index >= 15 is 0 Å². The van der Waals surface area contributed by atoms with Gasteiger partial charge in [0.2, 0.25) is 0 Å². The van der Waals surface area contributed by atoms with Crippen molar-refractivity contribution in [3.63, 3.8) is 0 Å². The van der Waals surface area contributed by atoms with Crippen molar-refractivity contribution in [2.45, 2.75) is 32.7 Å². The highest BCUT2D eigenvalue weighted by molar-refractivity contribution is 6.22. The van der Waals surface area contributed by atoms with E-state index in [2.05, 4.69) is 11.5 Å². The zero-order chi connectivity index (χ0) is 22.4. The first kappa shape index (κ1) is 21.9. The van der Waals surface area contributed by atoms with Gasteiger partial charge in [-0.15, -0.1) is 0 Å². The highest BCUT2D eigenvalue weighted by Crippen LogP contribution is 2.24. The monoisotopic (exact) mass is 417 g/mol. The lowest BCUT2D eigenvalue weighted by Gasteiger charge is -2.30. The predicted molar refractivity (Wildman–Crippen MR) is 120 cm³/mol. The lowest BCUT2D eigenvalue weighted by molar-refractivity contribution is -0.104. The molecule has 1 aliphatic heterocycles. The molecule has 0 aromatic heterocycles. The number of aldehydes is 1. The molecule has 0 radical (unpaired) electrons. The number of benzene rings is 2. The van der Waals surface area contributed by atoms with Crippen LogP contribution in [0, 0.1) is 30.7 Å². The molecule has 0 spiro atoms. The fourth-order valence-corrected chi connectivity index (χ4v) is 3.50. The van der Waals surface area contributed by atoms with Gasteiger partial charge in [-0.1, -0.05) is 6.07 Å². The molecule has 2 aromatic carbocycles. The number of nitriles is 1. The van der Waals surface area contributed by atoms with Crippen LogP contribution < -0.4 is 15.8 Å². The molecular formula is C24H27N5O2.